The number of hydrogen-bond donors (Lipinski definition) is 1. The van der Waals surface area contributed by atoms with Gasteiger partial charge in [-0.15, -0.1) is 0 Å². The Morgan fingerprint density at radius 1 is 1.45 bits per heavy atom. The summed E-state index contributed by atoms with van der Waals surface area (Å²) < 4.78 is 5.78. The lowest BCUT2D eigenvalue weighted by Gasteiger charge is -2.45. The Morgan fingerprint density at radius 3 is 3.05 bits per heavy atom. The van der Waals surface area contributed by atoms with Crippen LogP contribution in [0.15, 0.2) is 11.6 Å². The number of quaternary nitrogens is 1. The predicted octanol–water partition coefficient (Wildman–Crippen LogP) is 2.66. The third-order valence-electron chi connectivity index (χ3n) is 6.26. The quantitative estimate of drug-likeness (QED) is 0.482. The van der Waals surface area contributed by atoms with Crippen LogP contribution in [0.3, 0.4) is 0 Å². The van der Waals surface area contributed by atoms with Crippen molar-refractivity contribution in [3.8, 4) is 0 Å². The van der Waals surface area contributed by atoms with E-state index in [2.05, 4.69) is 32.2 Å². The second-order valence-corrected chi connectivity index (χ2v) is 8.01. The third kappa shape index (κ3) is 2.84. The Bertz CT molecular complexity index is 458. The minimum atomic E-state index is 0.0505. The SMILES string of the molecule is CCCC[NH2+]C[C@@H]1C(=O)O[C@H]2C[C@]3(C)CCC[C@@H](C)C3=C[C@@H]21. The molecule has 2 fully saturated rings. The predicted molar refractivity (Wildman–Crippen MR) is 87.2 cm³/mol. The van der Waals surface area contributed by atoms with Crippen molar-refractivity contribution in [2.45, 2.75) is 65.4 Å². The van der Waals surface area contributed by atoms with E-state index in [4.69, 9.17) is 4.74 Å². The number of esters is 1. The highest BCUT2D eigenvalue weighted by Crippen LogP contribution is 2.53. The largest absolute Gasteiger partial charge is 0.461 e. The molecule has 124 valence electrons. The highest BCUT2D eigenvalue weighted by Gasteiger charge is 2.52. The molecular formula is C19H32NO2+. The third-order valence-corrected chi connectivity index (χ3v) is 6.26. The summed E-state index contributed by atoms with van der Waals surface area (Å²) in [5.74, 6) is 1.14. The van der Waals surface area contributed by atoms with Gasteiger partial charge in [0.1, 0.15) is 12.0 Å². The average Bonchev–Trinajstić information content (AvgIpc) is 2.76. The summed E-state index contributed by atoms with van der Waals surface area (Å²) in [6.45, 7) is 8.99. The van der Waals surface area contributed by atoms with E-state index in [9.17, 15) is 4.79 Å². The summed E-state index contributed by atoms with van der Waals surface area (Å²) >= 11 is 0. The van der Waals surface area contributed by atoms with Gasteiger partial charge in [0.2, 0.25) is 0 Å². The molecule has 1 saturated carbocycles. The standard InChI is InChI=1S/C19H31NO2/c1-4-5-9-20-12-15-14-10-16-13(2)7-6-8-19(16,3)11-17(14)22-18(15)21/h10,13-15,17,20H,4-9,11-12H2,1-3H3/p+1/t13-,14-,15+,17+,19+/m1/s1. The maximum Gasteiger partial charge on any atom is 0.315 e. The molecule has 1 aliphatic heterocycles. The zero-order valence-corrected chi connectivity index (χ0v) is 14.4. The van der Waals surface area contributed by atoms with Gasteiger partial charge in [0, 0.05) is 5.92 Å². The van der Waals surface area contributed by atoms with Gasteiger partial charge >= 0.3 is 5.97 Å². The number of hydrogen-bond acceptors (Lipinski definition) is 2. The number of ether oxygens (including phenoxy) is 1. The topological polar surface area (TPSA) is 42.9 Å². The van der Waals surface area contributed by atoms with Crippen molar-refractivity contribution in [3.05, 3.63) is 11.6 Å². The maximum atomic E-state index is 12.3. The first-order valence-electron chi connectivity index (χ1n) is 9.29. The molecule has 0 spiro atoms. The molecule has 2 N–H and O–H groups in total. The monoisotopic (exact) mass is 306 g/mol. The van der Waals surface area contributed by atoms with Crippen molar-refractivity contribution in [2.75, 3.05) is 13.1 Å². The van der Waals surface area contributed by atoms with Crippen LogP contribution in [0.4, 0.5) is 0 Å². The first-order chi connectivity index (χ1) is 10.5. The molecule has 3 nitrogen and oxygen atoms in total. The van der Waals surface area contributed by atoms with Crippen LogP contribution in [0.25, 0.3) is 0 Å². The van der Waals surface area contributed by atoms with E-state index in [1.165, 1.54) is 32.1 Å². The first-order valence-corrected chi connectivity index (χ1v) is 9.29. The van der Waals surface area contributed by atoms with Crippen LogP contribution >= 0.6 is 0 Å². The Morgan fingerprint density at radius 2 is 2.27 bits per heavy atom. The maximum absolute atomic E-state index is 12.3. The second-order valence-electron chi connectivity index (χ2n) is 8.01. The van der Waals surface area contributed by atoms with E-state index < -0.39 is 0 Å². The van der Waals surface area contributed by atoms with Gasteiger partial charge in [-0.25, -0.2) is 0 Å². The van der Waals surface area contributed by atoms with Gasteiger partial charge in [-0.1, -0.05) is 45.3 Å². The summed E-state index contributed by atoms with van der Waals surface area (Å²) in [4.78, 5) is 12.3. The molecule has 0 amide bonds. The van der Waals surface area contributed by atoms with E-state index in [0.29, 0.717) is 11.8 Å². The molecule has 1 heterocycles. The average molecular weight is 306 g/mol. The molecule has 0 radical (unpaired) electrons. The molecule has 22 heavy (non-hydrogen) atoms. The Kier molecular flexibility index (Phi) is 4.63. The van der Waals surface area contributed by atoms with Crippen LogP contribution in [0.5, 0.6) is 0 Å². The number of allylic oxidation sites excluding steroid dienone is 1. The first kappa shape index (κ1) is 16.0. The minimum absolute atomic E-state index is 0.0505. The Balaban J connectivity index is 1.74. The Hall–Kier alpha value is -0.830. The van der Waals surface area contributed by atoms with Gasteiger partial charge in [0.15, 0.2) is 0 Å². The molecule has 3 rings (SSSR count). The summed E-state index contributed by atoms with van der Waals surface area (Å²) in [6, 6.07) is 0. The normalized spacial score (nSPS) is 40.7. The van der Waals surface area contributed by atoms with Gasteiger partial charge in [0.05, 0.1) is 13.1 Å². The van der Waals surface area contributed by atoms with Gasteiger partial charge in [-0.3, -0.25) is 4.79 Å². The lowest BCUT2D eigenvalue weighted by molar-refractivity contribution is -0.659. The smallest absolute Gasteiger partial charge is 0.315 e. The molecule has 1 saturated heterocycles. The summed E-state index contributed by atoms with van der Waals surface area (Å²) in [6.07, 6.45) is 9.97. The van der Waals surface area contributed by atoms with Gasteiger partial charge in [0.25, 0.3) is 0 Å². The Labute approximate surface area is 134 Å². The lowest BCUT2D eigenvalue weighted by Crippen LogP contribution is -2.86. The van der Waals surface area contributed by atoms with Crippen molar-refractivity contribution in [2.24, 2.45) is 23.2 Å². The van der Waals surface area contributed by atoms with Crippen molar-refractivity contribution < 1.29 is 14.8 Å². The zero-order valence-electron chi connectivity index (χ0n) is 14.4. The highest BCUT2D eigenvalue weighted by molar-refractivity contribution is 5.76. The summed E-state index contributed by atoms with van der Waals surface area (Å²) in [7, 11) is 0. The van der Waals surface area contributed by atoms with Crippen LogP contribution in [0.2, 0.25) is 0 Å². The van der Waals surface area contributed by atoms with Gasteiger partial charge < -0.3 is 10.1 Å². The number of fused-ring (bicyclic) bond motifs is 2. The molecule has 2 aliphatic carbocycles. The molecule has 3 aliphatic rings. The summed E-state index contributed by atoms with van der Waals surface area (Å²) in [5, 5.41) is 2.31. The van der Waals surface area contributed by atoms with E-state index in [-0.39, 0.29) is 23.4 Å². The van der Waals surface area contributed by atoms with E-state index in [1.807, 2.05) is 0 Å². The highest BCUT2D eigenvalue weighted by atomic mass is 16.6. The van der Waals surface area contributed by atoms with Crippen molar-refractivity contribution >= 4 is 5.97 Å². The molecule has 0 aromatic rings. The zero-order chi connectivity index (χ0) is 15.7. The molecule has 0 aromatic carbocycles. The molecule has 0 bridgehead atoms. The van der Waals surface area contributed by atoms with Crippen molar-refractivity contribution in [1.29, 1.82) is 0 Å². The van der Waals surface area contributed by atoms with Crippen LogP contribution < -0.4 is 5.32 Å². The molecule has 0 aromatic heterocycles. The van der Waals surface area contributed by atoms with Crippen LogP contribution in [-0.4, -0.2) is 25.2 Å². The number of unbranched alkanes of at least 4 members (excludes halogenated alkanes) is 1. The number of rotatable bonds is 5. The molecular weight excluding hydrogens is 274 g/mol. The van der Waals surface area contributed by atoms with Crippen LogP contribution in [0, 0.1) is 23.2 Å². The van der Waals surface area contributed by atoms with Crippen LogP contribution in [-0.2, 0) is 9.53 Å². The van der Waals surface area contributed by atoms with E-state index in [0.717, 1.165) is 19.5 Å². The fourth-order valence-electron chi connectivity index (χ4n) is 4.96. The van der Waals surface area contributed by atoms with E-state index in [1.54, 1.807) is 5.57 Å². The molecule has 3 heteroatoms. The van der Waals surface area contributed by atoms with Crippen LogP contribution in [0.1, 0.15) is 59.3 Å². The van der Waals surface area contributed by atoms with Crippen molar-refractivity contribution in [3.63, 3.8) is 0 Å². The number of carbonyl (C=O) groups is 1. The minimum Gasteiger partial charge on any atom is -0.461 e. The number of carbonyl (C=O) groups excluding carboxylic acids is 1. The number of nitrogens with two attached hydrogens (primary N) is 1. The molecule has 0 unspecified atom stereocenters. The second kappa shape index (κ2) is 6.35. The van der Waals surface area contributed by atoms with Gasteiger partial charge in [-0.05, 0) is 37.0 Å². The fourth-order valence-corrected chi connectivity index (χ4v) is 4.96. The fraction of sp³-hybridized carbons (Fsp3) is 0.842. The lowest BCUT2D eigenvalue weighted by atomic mass is 9.59. The molecule has 5 atom stereocenters. The van der Waals surface area contributed by atoms with Crippen molar-refractivity contribution in [1.82, 2.24) is 0 Å². The summed E-state index contributed by atoms with van der Waals surface area (Å²) in [5.41, 5.74) is 1.90. The van der Waals surface area contributed by atoms with Gasteiger partial charge in [-0.2, -0.15) is 0 Å². The van der Waals surface area contributed by atoms with E-state index >= 15 is 0 Å².